The van der Waals surface area contributed by atoms with E-state index < -0.39 is 87.6 Å². The van der Waals surface area contributed by atoms with Crippen molar-refractivity contribution in [1.82, 2.24) is 30.5 Å². The number of benzene rings is 1. The van der Waals surface area contributed by atoms with Crippen LogP contribution in [0.4, 0.5) is 13.6 Å². The molecular formula is C37H55ClF2N6O8S. The third-order valence-electron chi connectivity index (χ3n) is 11.1. The summed E-state index contributed by atoms with van der Waals surface area (Å²) in [5.41, 5.74) is -1.27. The monoisotopic (exact) mass is 816 g/mol. The van der Waals surface area contributed by atoms with E-state index in [1.165, 1.54) is 27.4 Å². The maximum atomic E-state index is 14.4. The molecule has 55 heavy (non-hydrogen) atoms. The molecule has 0 radical (unpaired) electrons. The van der Waals surface area contributed by atoms with Gasteiger partial charge in [-0.15, -0.1) is 0 Å². The van der Waals surface area contributed by atoms with Crippen molar-refractivity contribution in [2.75, 3.05) is 31.9 Å². The van der Waals surface area contributed by atoms with Crippen LogP contribution in [-0.2, 0) is 30.8 Å². The molecule has 1 aromatic carbocycles. The van der Waals surface area contributed by atoms with Gasteiger partial charge in [0.05, 0.1) is 11.3 Å². The minimum atomic E-state index is -3.44. The van der Waals surface area contributed by atoms with Crippen LogP contribution in [-0.4, -0.2) is 115 Å². The van der Waals surface area contributed by atoms with Gasteiger partial charge >= 0.3 is 12.0 Å². The Morgan fingerprint density at radius 2 is 1.67 bits per heavy atom. The van der Waals surface area contributed by atoms with Crippen LogP contribution < -0.4 is 21.3 Å². The number of nitrogens with one attached hydrogen (secondary N) is 4. The molecule has 2 aliphatic heterocycles. The predicted molar refractivity (Wildman–Crippen MR) is 202 cm³/mol. The van der Waals surface area contributed by atoms with Gasteiger partial charge in [0.25, 0.3) is 0 Å². The first-order valence-electron chi connectivity index (χ1n) is 18.5. The molecule has 2 unspecified atom stereocenters. The van der Waals surface area contributed by atoms with Crippen molar-refractivity contribution in [1.29, 1.82) is 0 Å². The number of carboxylic acids is 1. The van der Waals surface area contributed by atoms with Crippen LogP contribution in [0.2, 0.25) is 5.02 Å². The average Bonchev–Trinajstić information content (AvgIpc) is 3.34. The van der Waals surface area contributed by atoms with Gasteiger partial charge in [-0.2, -0.15) is 4.31 Å². The molecule has 3 aliphatic rings. The van der Waals surface area contributed by atoms with E-state index >= 15 is 0 Å². The normalized spacial score (nSPS) is 23.3. The van der Waals surface area contributed by atoms with E-state index in [0.29, 0.717) is 18.5 Å². The van der Waals surface area contributed by atoms with E-state index in [9.17, 15) is 41.2 Å². The van der Waals surface area contributed by atoms with Crippen LogP contribution in [0.25, 0.3) is 0 Å². The number of hydrogen-bond acceptors (Lipinski definition) is 7. The number of aromatic carboxylic acids is 1. The Kier molecular flexibility index (Phi) is 13.2. The number of hydrogen-bond donors (Lipinski definition) is 5. The highest BCUT2D eigenvalue weighted by atomic mass is 35.5. The second-order valence-electron chi connectivity index (χ2n) is 17.6. The van der Waals surface area contributed by atoms with Gasteiger partial charge in [-0.25, -0.2) is 26.8 Å². The van der Waals surface area contributed by atoms with Crippen molar-refractivity contribution < 1.29 is 46.3 Å². The molecule has 1 aliphatic carbocycles. The standard InChI is InChI=1S/C37H55ClF2N6O8S/c1-35(2,3)25(19-45-14-9-15-55(45,53)54)43-34(52)44-29(36(4,5)6)32(49)46-18-22-27(37(22,7)8)28(46)31(48)42-24(17-26(39)40)30(47)41-13-12-20-10-11-21(33(50)51)16-23(20)38/h10-11,16,22,24-29H,9,12-15,17-19H2,1-8H3,(H,41,47)(H,42,48)(H,50,51)(H2,43,44,52)/t22-,24?,25+,27-,28?,29+/m0/s1. The number of carboxylic acid groups (broad SMARTS) is 1. The molecule has 18 heteroatoms. The molecule has 2 heterocycles. The Balaban J connectivity index is 1.48. The maximum absolute atomic E-state index is 14.4. The van der Waals surface area contributed by atoms with Crippen LogP contribution >= 0.6 is 11.6 Å². The quantitative estimate of drug-likeness (QED) is 0.188. The first-order chi connectivity index (χ1) is 25.2. The van der Waals surface area contributed by atoms with Gasteiger partial charge in [-0.05, 0) is 58.6 Å². The fraction of sp³-hybridized carbons (Fsp3) is 0.703. The van der Waals surface area contributed by atoms with Crippen molar-refractivity contribution in [3.63, 3.8) is 0 Å². The third-order valence-corrected chi connectivity index (χ3v) is 13.4. The van der Waals surface area contributed by atoms with Crippen LogP contribution in [0, 0.1) is 28.1 Å². The number of amides is 5. The Bertz CT molecular complexity index is 1770. The maximum Gasteiger partial charge on any atom is 0.335 e. The van der Waals surface area contributed by atoms with Gasteiger partial charge in [0, 0.05) is 43.7 Å². The highest BCUT2D eigenvalue weighted by Crippen LogP contribution is 2.65. The number of urea groups is 1. The number of rotatable bonds is 14. The van der Waals surface area contributed by atoms with Gasteiger partial charge in [-0.1, -0.05) is 73.1 Å². The van der Waals surface area contributed by atoms with E-state index in [-0.39, 0.29) is 59.6 Å². The molecule has 3 fully saturated rings. The zero-order chi connectivity index (χ0) is 41.4. The van der Waals surface area contributed by atoms with Gasteiger partial charge in [-0.3, -0.25) is 14.4 Å². The smallest absolute Gasteiger partial charge is 0.335 e. The molecule has 14 nitrogen and oxygen atoms in total. The molecule has 6 atom stereocenters. The summed E-state index contributed by atoms with van der Waals surface area (Å²) in [6.45, 7) is 15.3. The molecule has 1 saturated carbocycles. The van der Waals surface area contributed by atoms with Gasteiger partial charge in [0.2, 0.25) is 34.2 Å². The summed E-state index contributed by atoms with van der Waals surface area (Å²) in [5.74, 6) is -3.73. The van der Waals surface area contributed by atoms with Gasteiger partial charge in [0.1, 0.15) is 18.1 Å². The Hall–Kier alpha value is -3.57. The van der Waals surface area contributed by atoms with Crippen molar-refractivity contribution in [2.24, 2.45) is 28.1 Å². The fourth-order valence-electron chi connectivity index (χ4n) is 7.59. The minimum Gasteiger partial charge on any atom is -0.478 e. The summed E-state index contributed by atoms with van der Waals surface area (Å²) in [4.78, 5) is 67.8. The van der Waals surface area contributed by atoms with E-state index in [1.54, 1.807) is 20.8 Å². The van der Waals surface area contributed by atoms with Crippen LogP contribution in [0.3, 0.4) is 0 Å². The number of likely N-dealkylation sites (tertiary alicyclic amines) is 1. The van der Waals surface area contributed by atoms with Crippen LogP contribution in [0.15, 0.2) is 18.2 Å². The van der Waals surface area contributed by atoms with Crippen LogP contribution in [0.1, 0.15) is 84.2 Å². The topological polar surface area (TPSA) is 194 Å². The molecule has 4 rings (SSSR count). The number of nitrogens with zero attached hydrogens (tertiary/aromatic N) is 2. The second kappa shape index (κ2) is 16.5. The first-order valence-corrected chi connectivity index (χ1v) is 20.5. The summed E-state index contributed by atoms with van der Waals surface area (Å²) in [7, 11) is -3.44. The molecule has 0 aromatic heterocycles. The molecule has 1 aromatic rings. The zero-order valence-corrected chi connectivity index (χ0v) is 34.2. The van der Waals surface area contributed by atoms with Gasteiger partial charge in [0.15, 0.2) is 0 Å². The molecule has 2 saturated heterocycles. The molecule has 5 amide bonds. The number of fused-ring (bicyclic) bond motifs is 1. The third kappa shape index (κ3) is 10.4. The number of piperidine rings is 1. The molecule has 308 valence electrons. The SMILES string of the molecule is CC(C)(C)[C@H](NC(=O)N[C@H](CN1CCCS1(=O)=O)C(C)(C)C)C(=O)N1C[C@H]2[C@@H](C1C(=O)NC(CC(F)F)C(=O)NCCc1ccc(C(=O)O)cc1Cl)C2(C)C. The number of sulfonamides is 1. The summed E-state index contributed by atoms with van der Waals surface area (Å²) >= 11 is 6.19. The predicted octanol–water partition coefficient (Wildman–Crippen LogP) is 3.48. The summed E-state index contributed by atoms with van der Waals surface area (Å²) in [5, 5.41) is 20.0. The number of carbonyl (C=O) groups is 5. The number of halogens is 3. The van der Waals surface area contributed by atoms with Crippen molar-refractivity contribution in [3.8, 4) is 0 Å². The van der Waals surface area contributed by atoms with Crippen molar-refractivity contribution in [2.45, 2.75) is 105 Å². The highest BCUT2D eigenvalue weighted by Gasteiger charge is 2.70. The summed E-state index contributed by atoms with van der Waals surface area (Å²) in [6.07, 6.45) is -3.28. The van der Waals surface area contributed by atoms with E-state index in [2.05, 4.69) is 21.3 Å². The molecule has 0 bridgehead atoms. The first kappa shape index (κ1) is 44.1. The Labute approximate surface area is 326 Å². The lowest BCUT2D eigenvalue weighted by atomic mass is 9.85. The van der Waals surface area contributed by atoms with Crippen molar-refractivity contribution in [3.05, 3.63) is 34.3 Å². The second-order valence-corrected chi connectivity index (χ2v) is 20.1. The van der Waals surface area contributed by atoms with E-state index in [4.69, 9.17) is 16.7 Å². The lowest BCUT2D eigenvalue weighted by molar-refractivity contribution is -0.144. The largest absolute Gasteiger partial charge is 0.478 e. The Morgan fingerprint density at radius 1 is 1.02 bits per heavy atom. The van der Waals surface area contributed by atoms with Crippen molar-refractivity contribution >= 4 is 51.3 Å². The van der Waals surface area contributed by atoms with E-state index in [1.807, 2.05) is 34.6 Å². The average molecular weight is 817 g/mol. The Morgan fingerprint density at radius 3 is 2.20 bits per heavy atom. The van der Waals surface area contributed by atoms with Gasteiger partial charge < -0.3 is 31.3 Å². The lowest BCUT2D eigenvalue weighted by Crippen LogP contribution is -2.62. The lowest BCUT2D eigenvalue weighted by Gasteiger charge is -2.39. The molecular weight excluding hydrogens is 762 g/mol. The summed E-state index contributed by atoms with van der Waals surface area (Å²) < 4.78 is 54.0. The summed E-state index contributed by atoms with van der Waals surface area (Å²) in [6, 6.07) is -1.08. The van der Waals surface area contributed by atoms with Crippen LogP contribution in [0.5, 0.6) is 0 Å². The minimum absolute atomic E-state index is 0.0208. The number of alkyl halides is 2. The molecule has 0 spiro atoms. The fourth-order valence-corrected chi connectivity index (χ4v) is 9.40. The number of carbonyl (C=O) groups excluding carboxylic acids is 4. The van der Waals surface area contributed by atoms with E-state index in [0.717, 1.165) is 0 Å². The molecule has 5 N–H and O–H groups in total. The highest BCUT2D eigenvalue weighted by molar-refractivity contribution is 7.89. The zero-order valence-electron chi connectivity index (χ0n) is 32.7.